The SMILES string of the molecule is CCCCSc1cc(NC(=O)Nc2ccc(Oc3ccnc(Nc4cc(OC)cc(C(=O)NCCO)c4)n3)c3ccccc23)n(-c2ccc(C)cc2)n1. The maximum Gasteiger partial charge on any atom is 0.324 e. The molecule has 0 unspecified atom stereocenters. The summed E-state index contributed by atoms with van der Waals surface area (Å²) in [5.74, 6) is 2.61. The number of benzene rings is 4. The van der Waals surface area contributed by atoms with Crippen molar-refractivity contribution in [3.63, 3.8) is 0 Å². The summed E-state index contributed by atoms with van der Waals surface area (Å²) in [6.45, 7) is 4.13. The Hall–Kier alpha value is -6.12. The van der Waals surface area contributed by atoms with Crippen molar-refractivity contribution in [2.45, 2.75) is 31.7 Å². The van der Waals surface area contributed by atoms with Crippen LogP contribution < -0.4 is 30.7 Å². The predicted molar refractivity (Wildman–Crippen MR) is 208 cm³/mol. The second-order valence-corrected chi connectivity index (χ2v) is 13.0. The monoisotopic (exact) mass is 732 g/mol. The van der Waals surface area contributed by atoms with Gasteiger partial charge in [-0.3, -0.25) is 10.1 Å². The highest BCUT2D eigenvalue weighted by Gasteiger charge is 2.16. The van der Waals surface area contributed by atoms with Crippen LogP contribution in [-0.4, -0.2) is 62.8 Å². The van der Waals surface area contributed by atoms with Gasteiger partial charge >= 0.3 is 6.03 Å². The molecule has 0 saturated heterocycles. The fraction of sp³-hybridized carbons (Fsp3) is 0.205. The van der Waals surface area contributed by atoms with Gasteiger partial charge in [-0.1, -0.05) is 55.3 Å². The highest BCUT2D eigenvalue weighted by Crippen LogP contribution is 2.35. The summed E-state index contributed by atoms with van der Waals surface area (Å²) in [7, 11) is 1.50. The zero-order valence-electron chi connectivity index (χ0n) is 29.6. The van der Waals surface area contributed by atoms with Gasteiger partial charge in [0.25, 0.3) is 5.91 Å². The lowest BCUT2D eigenvalue weighted by molar-refractivity contribution is 0.0944. The smallest absolute Gasteiger partial charge is 0.324 e. The third-order valence-corrected chi connectivity index (χ3v) is 8.98. The van der Waals surface area contributed by atoms with Crippen LogP contribution in [0.2, 0.25) is 0 Å². The van der Waals surface area contributed by atoms with Gasteiger partial charge in [-0.15, -0.1) is 11.8 Å². The summed E-state index contributed by atoms with van der Waals surface area (Å²) in [5, 5.41) is 27.9. The van der Waals surface area contributed by atoms with E-state index in [1.807, 2.05) is 61.5 Å². The summed E-state index contributed by atoms with van der Waals surface area (Å²) >= 11 is 1.66. The van der Waals surface area contributed by atoms with E-state index in [4.69, 9.17) is 19.7 Å². The predicted octanol–water partition coefficient (Wildman–Crippen LogP) is 7.93. The van der Waals surface area contributed by atoms with Crippen LogP contribution in [0.1, 0.15) is 35.7 Å². The molecule has 0 saturated carbocycles. The van der Waals surface area contributed by atoms with Crippen LogP contribution in [0.4, 0.5) is 27.9 Å². The number of aliphatic hydroxyl groups excluding tert-OH is 1. The van der Waals surface area contributed by atoms with E-state index in [-0.39, 0.29) is 30.9 Å². The number of urea groups is 1. The van der Waals surface area contributed by atoms with E-state index in [1.54, 1.807) is 59.0 Å². The molecule has 13 nitrogen and oxygen atoms in total. The number of ether oxygens (including phenoxy) is 2. The van der Waals surface area contributed by atoms with Crippen LogP contribution in [0.25, 0.3) is 16.5 Å². The van der Waals surface area contributed by atoms with Gasteiger partial charge in [0.15, 0.2) is 0 Å². The van der Waals surface area contributed by atoms with E-state index in [0.29, 0.717) is 34.3 Å². The number of amides is 3. The molecular weight excluding hydrogens is 693 g/mol. The van der Waals surface area contributed by atoms with Gasteiger partial charge in [0.1, 0.15) is 22.3 Å². The van der Waals surface area contributed by atoms with Crippen molar-refractivity contribution in [3.8, 4) is 23.1 Å². The summed E-state index contributed by atoms with van der Waals surface area (Å²) in [5.41, 5.74) is 3.42. The number of nitrogens with one attached hydrogen (secondary N) is 4. The van der Waals surface area contributed by atoms with Gasteiger partial charge in [-0.05, 0) is 55.5 Å². The van der Waals surface area contributed by atoms with Gasteiger partial charge in [0, 0.05) is 53.0 Å². The highest BCUT2D eigenvalue weighted by molar-refractivity contribution is 7.99. The zero-order valence-corrected chi connectivity index (χ0v) is 30.4. The molecule has 4 aromatic carbocycles. The molecule has 14 heteroatoms. The van der Waals surface area contributed by atoms with Crippen LogP contribution in [0.5, 0.6) is 17.4 Å². The normalized spacial score (nSPS) is 10.9. The summed E-state index contributed by atoms with van der Waals surface area (Å²) in [6.07, 6.45) is 3.72. The summed E-state index contributed by atoms with van der Waals surface area (Å²) in [4.78, 5) is 34.8. The third kappa shape index (κ3) is 9.41. The molecule has 2 heterocycles. The molecule has 0 aliphatic carbocycles. The maximum atomic E-state index is 13.5. The highest BCUT2D eigenvalue weighted by atomic mass is 32.2. The Balaban J connectivity index is 1.19. The average molecular weight is 733 g/mol. The van der Waals surface area contributed by atoms with Crippen LogP contribution in [0.3, 0.4) is 0 Å². The minimum Gasteiger partial charge on any atom is -0.497 e. The Morgan fingerprint density at radius 1 is 0.943 bits per heavy atom. The standard InChI is InChI=1S/C39H40N8O5S/c1-4-5-20-53-36-24-34(47(46-36)28-12-10-25(2)11-13-28)44-39(50)43-32-14-15-33(31-9-7-6-8-30(31)32)52-35-16-17-41-38(45-35)42-27-21-26(22-29(23-27)51-3)37(49)40-18-19-48/h6-17,21-24,48H,4-5,18-20H2,1-3H3,(H,40,49)(H,41,42,45)(H2,43,44,50). The number of anilines is 4. The fourth-order valence-electron chi connectivity index (χ4n) is 5.35. The van der Waals surface area contributed by atoms with Crippen molar-refractivity contribution in [2.24, 2.45) is 0 Å². The van der Waals surface area contributed by atoms with Crippen molar-refractivity contribution in [1.82, 2.24) is 25.1 Å². The van der Waals surface area contributed by atoms with E-state index in [2.05, 4.69) is 38.2 Å². The number of aromatic nitrogens is 4. The van der Waals surface area contributed by atoms with Crippen LogP contribution in [0, 0.1) is 6.92 Å². The van der Waals surface area contributed by atoms with E-state index in [1.165, 1.54) is 7.11 Å². The van der Waals surface area contributed by atoms with E-state index in [0.717, 1.165) is 45.6 Å². The van der Waals surface area contributed by atoms with Crippen molar-refractivity contribution >= 4 is 57.6 Å². The zero-order chi connectivity index (χ0) is 37.2. The van der Waals surface area contributed by atoms with Crippen molar-refractivity contribution < 1.29 is 24.2 Å². The van der Waals surface area contributed by atoms with Crippen LogP contribution in [0.15, 0.2) is 102 Å². The largest absolute Gasteiger partial charge is 0.497 e. The van der Waals surface area contributed by atoms with Gasteiger partial charge in [0.05, 0.1) is 25.1 Å². The molecule has 0 spiro atoms. The van der Waals surface area contributed by atoms with Crippen molar-refractivity contribution in [3.05, 3.63) is 108 Å². The van der Waals surface area contributed by atoms with Gasteiger partial charge in [-0.25, -0.2) is 14.5 Å². The number of nitrogens with zero attached hydrogens (tertiary/aromatic N) is 4. The lowest BCUT2D eigenvalue weighted by Crippen LogP contribution is -2.26. The molecule has 0 aliphatic heterocycles. The lowest BCUT2D eigenvalue weighted by atomic mass is 10.1. The second-order valence-electron chi connectivity index (χ2n) is 11.9. The number of aryl methyl sites for hydroxylation is 1. The number of carbonyl (C=O) groups is 2. The molecule has 0 aliphatic rings. The number of thioether (sulfide) groups is 1. The molecule has 0 radical (unpaired) electrons. The molecule has 272 valence electrons. The van der Waals surface area contributed by atoms with E-state index < -0.39 is 6.03 Å². The molecule has 2 aromatic heterocycles. The molecule has 3 amide bonds. The molecule has 53 heavy (non-hydrogen) atoms. The molecule has 6 rings (SSSR count). The molecule has 0 fully saturated rings. The number of hydrogen-bond acceptors (Lipinski definition) is 10. The van der Waals surface area contributed by atoms with E-state index in [9.17, 15) is 9.59 Å². The topological polar surface area (TPSA) is 165 Å². The van der Waals surface area contributed by atoms with E-state index >= 15 is 0 Å². The lowest BCUT2D eigenvalue weighted by Gasteiger charge is -2.14. The Morgan fingerprint density at radius 3 is 2.53 bits per heavy atom. The Morgan fingerprint density at radius 2 is 1.75 bits per heavy atom. The van der Waals surface area contributed by atoms with Crippen LogP contribution in [-0.2, 0) is 0 Å². The Kier molecular flexibility index (Phi) is 12.0. The third-order valence-electron chi connectivity index (χ3n) is 7.99. The maximum absolute atomic E-state index is 13.5. The number of aliphatic hydroxyl groups is 1. The summed E-state index contributed by atoms with van der Waals surface area (Å²) in [6, 6.07) is 27.1. The first-order valence-corrected chi connectivity index (χ1v) is 18.1. The molecule has 0 bridgehead atoms. The number of methoxy groups -OCH3 is 1. The fourth-order valence-corrected chi connectivity index (χ4v) is 6.33. The quantitative estimate of drug-likeness (QED) is 0.0517. The summed E-state index contributed by atoms with van der Waals surface area (Å²) < 4.78 is 13.4. The number of carbonyl (C=O) groups excluding carboxylic acids is 2. The number of fused-ring (bicyclic) bond motifs is 1. The second kappa shape index (κ2) is 17.4. The molecule has 6 aromatic rings. The van der Waals surface area contributed by atoms with Gasteiger partial charge in [-0.2, -0.15) is 10.1 Å². The molecule has 0 atom stereocenters. The van der Waals surface area contributed by atoms with Crippen LogP contribution >= 0.6 is 11.8 Å². The Labute approximate surface area is 311 Å². The average Bonchev–Trinajstić information content (AvgIpc) is 3.57. The Bertz CT molecular complexity index is 2210. The van der Waals surface area contributed by atoms with Gasteiger partial charge in [0.2, 0.25) is 11.8 Å². The number of hydrogen-bond donors (Lipinski definition) is 5. The first kappa shape index (κ1) is 36.7. The number of rotatable bonds is 15. The first-order chi connectivity index (χ1) is 25.8. The number of unbranched alkanes of at least 4 members (excludes halogenated alkanes) is 1. The van der Waals surface area contributed by atoms with Gasteiger partial charge < -0.3 is 30.5 Å². The minimum absolute atomic E-state index is 0.126. The molecular formula is C39H40N8O5S. The van der Waals surface area contributed by atoms with Crippen molar-refractivity contribution in [2.75, 3.05) is 42.0 Å². The van der Waals surface area contributed by atoms with Crippen molar-refractivity contribution in [1.29, 1.82) is 0 Å². The first-order valence-electron chi connectivity index (χ1n) is 17.1. The molecule has 5 N–H and O–H groups in total. The minimum atomic E-state index is -0.416.